The van der Waals surface area contributed by atoms with E-state index in [-0.39, 0.29) is 17.0 Å². The molecule has 0 spiro atoms. The topological polar surface area (TPSA) is 66.5 Å². The van der Waals surface area contributed by atoms with E-state index < -0.39 is 9.84 Å². The van der Waals surface area contributed by atoms with Crippen molar-refractivity contribution in [2.24, 2.45) is 0 Å². The van der Waals surface area contributed by atoms with Gasteiger partial charge in [-0.1, -0.05) is 0 Å². The molecule has 6 heteroatoms. The van der Waals surface area contributed by atoms with Crippen molar-refractivity contribution in [3.63, 3.8) is 0 Å². The molecule has 0 radical (unpaired) electrons. The Labute approximate surface area is 119 Å². The fourth-order valence-corrected chi connectivity index (χ4v) is 3.01. The summed E-state index contributed by atoms with van der Waals surface area (Å²) in [6.07, 6.45) is 4.38. The van der Waals surface area contributed by atoms with Crippen molar-refractivity contribution in [1.29, 1.82) is 0 Å². The molecule has 5 nitrogen and oxygen atoms in total. The molecule has 2 amide bonds. The zero-order valence-electron chi connectivity index (χ0n) is 11.8. The lowest BCUT2D eigenvalue weighted by atomic mass is 10.0. The Bertz CT molecular complexity index is 581. The van der Waals surface area contributed by atoms with E-state index in [1.807, 2.05) is 11.8 Å². The third-order valence-corrected chi connectivity index (χ3v) is 4.73. The second kappa shape index (κ2) is 5.83. The number of hydrogen-bond acceptors (Lipinski definition) is 3. The van der Waals surface area contributed by atoms with Gasteiger partial charge in [0.1, 0.15) is 0 Å². The maximum atomic E-state index is 12.2. The minimum absolute atomic E-state index is 0.121. The highest BCUT2D eigenvalue weighted by Gasteiger charge is 2.23. The van der Waals surface area contributed by atoms with Gasteiger partial charge in [-0.05, 0) is 50.5 Å². The molecule has 1 aliphatic heterocycles. The molecule has 1 atom stereocenters. The zero-order valence-corrected chi connectivity index (χ0v) is 12.6. The fourth-order valence-electron chi connectivity index (χ4n) is 2.38. The quantitative estimate of drug-likeness (QED) is 0.911. The lowest BCUT2D eigenvalue weighted by Crippen LogP contribution is -2.44. The van der Waals surface area contributed by atoms with Gasteiger partial charge in [-0.15, -0.1) is 0 Å². The van der Waals surface area contributed by atoms with Crippen LogP contribution in [0.4, 0.5) is 10.5 Å². The Morgan fingerprint density at radius 3 is 2.45 bits per heavy atom. The third kappa shape index (κ3) is 3.50. The number of carbonyl (C=O) groups excluding carboxylic acids is 1. The van der Waals surface area contributed by atoms with E-state index in [0.29, 0.717) is 5.69 Å². The van der Waals surface area contributed by atoms with Crippen molar-refractivity contribution in [3.8, 4) is 0 Å². The molecule has 0 saturated carbocycles. The molecule has 1 saturated heterocycles. The Kier molecular flexibility index (Phi) is 4.32. The number of likely N-dealkylation sites (tertiary alicyclic amines) is 1. The first-order chi connectivity index (χ1) is 9.38. The maximum Gasteiger partial charge on any atom is 0.322 e. The average molecular weight is 296 g/mol. The molecule has 1 heterocycles. The van der Waals surface area contributed by atoms with Gasteiger partial charge in [-0.25, -0.2) is 13.2 Å². The van der Waals surface area contributed by atoms with Crippen molar-refractivity contribution in [2.75, 3.05) is 18.1 Å². The summed E-state index contributed by atoms with van der Waals surface area (Å²) < 4.78 is 22.7. The van der Waals surface area contributed by atoms with Crippen LogP contribution in [-0.2, 0) is 9.84 Å². The number of piperidine rings is 1. The molecular weight excluding hydrogens is 276 g/mol. The number of nitrogens with one attached hydrogen (secondary N) is 1. The van der Waals surface area contributed by atoms with E-state index in [2.05, 4.69) is 5.32 Å². The second-order valence-corrected chi connectivity index (χ2v) is 7.28. The predicted octanol–water partition coefficient (Wildman–Crippen LogP) is 2.50. The van der Waals surface area contributed by atoms with Gasteiger partial charge in [-0.3, -0.25) is 0 Å². The number of benzene rings is 1. The number of rotatable bonds is 2. The molecule has 1 aromatic rings. The normalized spacial score (nSPS) is 19.7. The Morgan fingerprint density at radius 2 is 1.90 bits per heavy atom. The zero-order chi connectivity index (χ0) is 14.8. The monoisotopic (exact) mass is 296 g/mol. The minimum Gasteiger partial charge on any atom is -0.322 e. The van der Waals surface area contributed by atoms with Gasteiger partial charge in [0.15, 0.2) is 9.84 Å². The number of urea groups is 1. The van der Waals surface area contributed by atoms with Crippen LogP contribution in [0, 0.1) is 0 Å². The van der Waals surface area contributed by atoms with E-state index in [1.54, 1.807) is 12.1 Å². The predicted molar refractivity (Wildman–Crippen MR) is 78.6 cm³/mol. The lowest BCUT2D eigenvalue weighted by molar-refractivity contribution is 0.170. The van der Waals surface area contributed by atoms with Crippen LogP contribution in [0.5, 0.6) is 0 Å². The van der Waals surface area contributed by atoms with E-state index in [0.717, 1.165) is 32.1 Å². The minimum atomic E-state index is -3.20. The summed E-state index contributed by atoms with van der Waals surface area (Å²) in [6.45, 7) is 2.82. The van der Waals surface area contributed by atoms with Crippen LogP contribution < -0.4 is 5.32 Å². The van der Waals surface area contributed by atoms with Crippen LogP contribution >= 0.6 is 0 Å². The highest BCUT2D eigenvalue weighted by molar-refractivity contribution is 7.90. The van der Waals surface area contributed by atoms with E-state index in [4.69, 9.17) is 0 Å². The standard InChI is InChI=1S/C14H20N2O3S/c1-11-5-3-4-10-16(11)14(17)15-12-6-8-13(9-7-12)20(2,18)19/h6-9,11H,3-5,10H2,1-2H3,(H,15,17). The molecular formula is C14H20N2O3S. The van der Waals surface area contributed by atoms with Crippen LogP contribution in [0.2, 0.25) is 0 Å². The molecule has 110 valence electrons. The maximum absolute atomic E-state index is 12.2. The Hall–Kier alpha value is -1.56. The molecule has 2 rings (SSSR count). The van der Waals surface area contributed by atoms with Gasteiger partial charge in [0, 0.05) is 24.5 Å². The number of hydrogen-bond donors (Lipinski definition) is 1. The van der Waals surface area contributed by atoms with E-state index in [1.165, 1.54) is 12.1 Å². The van der Waals surface area contributed by atoms with Crippen molar-refractivity contribution in [3.05, 3.63) is 24.3 Å². The molecule has 1 unspecified atom stereocenters. The average Bonchev–Trinajstić information content (AvgIpc) is 2.38. The first-order valence-corrected chi connectivity index (χ1v) is 8.65. The van der Waals surface area contributed by atoms with Crippen molar-refractivity contribution >= 4 is 21.6 Å². The summed E-state index contributed by atoms with van der Waals surface area (Å²) in [5.74, 6) is 0. The van der Waals surface area contributed by atoms with Gasteiger partial charge < -0.3 is 10.2 Å². The van der Waals surface area contributed by atoms with Gasteiger partial charge in [0.25, 0.3) is 0 Å². The molecule has 20 heavy (non-hydrogen) atoms. The van der Waals surface area contributed by atoms with Crippen LogP contribution in [-0.4, -0.2) is 38.2 Å². The van der Waals surface area contributed by atoms with E-state index >= 15 is 0 Å². The number of carbonyl (C=O) groups is 1. The summed E-state index contributed by atoms with van der Waals surface area (Å²) in [5.41, 5.74) is 0.611. The molecule has 1 aliphatic rings. The summed E-state index contributed by atoms with van der Waals surface area (Å²) in [6, 6.07) is 6.37. The van der Waals surface area contributed by atoms with Crippen LogP contribution in [0.3, 0.4) is 0 Å². The first-order valence-electron chi connectivity index (χ1n) is 6.75. The summed E-state index contributed by atoms with van der Waals surface area (Å²) >= 11 is 0. The Morgan fingerprint density at radius 1 is 1.25 bits per heavy atom. The highest BCUT2D eigenvalue weighted by atomic mass is 32.2. The molecule has 1 fully saturated rings. The first kappa shape index (κ1) is 14.8. The molecule has 0 aromatic heterocycles. The number of nitrogens with zero attached hydrogens (tertiary/aromatic N) is 1. The van der Waals surface area contributed by atoms with Crippen LogP contribution in [0.25, 0.3) is 0 Å². The van der Waals surface area contributed by atoms with Gasteiger partial charge in [0.05, 0.1) is 4.90 Å². The number of anilines is 1. The van der Waals surface area contributed by atoms with Crippen LogP contribution in [0.15, 0.2) is 29.2 Å². The summed E-state index contributed by atoms with van der Waals surface area (Å²) in [5, 5.41) is 2.81. The largest absolute Gasteiger partial charge is 0.322 e. The summed E-state index contributed by atoms with van der Waals surface area (Å²) in [4.78, 5) is 14.2. The smallest absolute Gasteiger partial charge is 0.322 e. The molecule has 0 bridgehead atoms. The van der Waals surface area contributed by atoms with Crippen molar-refractivity contribution in [1.82, 2.24) is 4.90 Å². The third-order valence-electron chi connectivity index (χ3n) is 3.60. The van der Waals surface area contributed by atoms with E-state index in [9.17, 15) is 13.2 Å². The molecule has 1 aromatic carbocycles. The highest BCUT2D eigenvalue weighted by Crippen LogP contribution is 2.19. The molecule has 1 N–H and O–H groups in total. The van der Waals surface area contributed by atoms with Crippen molar-refractivity contribution in [2.45, 2.75) is 37.1 Å². The van der Waals surface area contributed by atoms with Crippen LogP contribution in [0.1, 0.15) is 26.2 Å². The molecule has 0 aliphatic carbocycles. The number of amides is 2. The van der Waals surface area contributed by atoms with Gasteiger partial charge in [0.2, 0.25) is 0 Å². The summed E-state index contributed by atoms with van der Waals surface area (Å²) in [7, 11) is -3.20. The van der Waals surface area contributed by atoms with Gasteiger partial charge >= 0.3 is 6.03 Å². The Balaban J connectivity index is 2.04. The lowest BCUT2D eigenvalue weighted by Gasteiger charge is -2.33. The second-order valence-electron chi connectivity index (χ2n) is 5.26. The van der Waals surface area contributed by atoms with Crippen molar-refractivity contribution < 1.29 is 13.2 Å². The van der Waals surface area contributed by atoms with Gasteiger partial charge in [-0.2, -0.15) is 0 Å². The SMILES string of the molecule is CC1CCCCN1C(=O)Nc1ccc(S(C)(=O)=O)cc1. The number of sulfone groups is 1. The fraction of sp³-hybridized carbons (Fsp3) is 0.500.